The second-order valence-corrected chi connectivity index (χ2v) is 7.20. The maximum absolute atomic E-state index is 12.9. The van der Waals surface area contributed by atoms with Gasteiger partial charge in [-0.3, -0.25) is 4.79 Å². The Kier molecular flexibility index (Phi) is 6.04. The molecule has 1 heterocycles. The quantitative estimate of drug-likeness (QED) is 0.304. The van der Waals surface area contributed by atoms with Gasteiger partial charge in [-0.2, -0.15) is 0 Å². The highest BCUT2D eigenvalue weighted by Crippen LogP contribution is 2.40. The maximum Gasteiger partial charge on any atom is 0.347 e. The second kappa shape index (κ2) is 9.08. The number of fused-ring (bicyclic) bond motifs is 1. The van der Waals surface area contributed by atoms with E-state index < -0.39 is 5.97 Å². The summed E-state index contributed by atoms with van der Waals surface area (Å²) in [6, 6.07) is 15.2. The first-order valence-electron chi connectivity index (χ1n) is 10.1. The van der Waals surface area contributed by atoms with Crippen molar-refractivity contribution < 1.29 is 33.3 Å². The second-order valence-electron chi connectivity index (χ2n) is 7.20. The van der Waals surface area contributed by atoms with E-state index in [1.165, 1.54) is 14.2 Å². The lowest BCUT2D eigenvalue weighted by Crippen LogP contribution is -2.11. The van der Waals surface area contributed by atoms with Crippen molar-refractivity contribution in [1.82, 2.24) is 0 Å². The van der Waals surface area contributed by atoms with E-state index in [2.05, 4.69) is 0 Å². The van der Waals surface area contributed by atoms with Crippen molar-refractivity contribution in [2.24, 2.45) is 0 Å². The molecule has 0 aromatic heterocycles. The van der Waals surface area contributed by atoms with Crippen LogP contribution in [0, 0.1) is 6.92 Å². The Balaban J connectivity index is 1.63. The molecule has 0 radical (unpaired) electrons. The molecule has 0 atom stereocenters. The van der Waals surface area contributed by atoms with Crippen molar-refractivity contribution in [1.29, 1.82) is 0 Å². The van der Waals surface area contributed by atoms with Crippen molar-refractivity contribution in [2.75, 3.05) is 21.3 Å². The lowest BCUT2D eigenvalue weighted by molar-refractivity contribution is 0.0729. The highest BCUT2D eigenvalue weighted by Gasteiger charge is 2.31. The average molecular weight is 446 g/mol. The molecular weight excluding hydrogens is 424 g/mol. The SMILES string of the molecule is COc1ccc(/C=C2\Oc3c(ccc(OC(=O)c4ccccc4OC)c3C)C2=O)c(OC)c1. The molecule has 3 aromatic rings. The Morgan fingerprint density at radius 1 is 0.879 bits per heavy atom. The van der Waals surface area contributed by atoms with Gasteiger partial charge in [0.1, 0.15) is 34.3 Å². The van der Waals surface area contributed by atoms with E-state index in [9.17, 15) is 9.59 Å². The number of methoxy groups -OCH3 is 3. The predicted molar refractivity (Wildman–Crippen MR) is 122 cm³/mol. The van der Waals surface area contributed by atoms with E-state index in [1.807, 2.05) is 0 Å². The number of allylic oxidation sites excluding steroid dienone is 1. The number of Topliss-reactive ketones (excluding diaryl/α,β-unsaturated/α-hetero) is 1. The number of rotatable bonds is 6. The molecule has 4 rings (SSSR count). The van der Waals surface area contributed by atoms with Crippen LogP contribution in [0.15, 0.2) is 60.4 Å². The number of para-hydroxylation sites is 1. The van der Waals surface area contributed by atoms with Gasteiger partial charge in [0, 0.05) is 17.2 Å². The molecule has 33 heavy (non-hydrogen) atoms. The van der Waals surface area contributed by atoms with Gasteiger partial charge in [0.2, 0.25) is 5.78 Å². The Bertz CT molecular complexity index is 1270. The van der Waals surface area contributed by atoms with E-state index >= 15 is 0 Å². The minimum Gasteiger partial charge on any atom is -0.497 e. The average Bonchev–Trinajstić information content (AvgIpc) is 3.16. The van der Waals surface area contributed by atoms with E-state index in [1.54, 1.807) is 74.7 Å². The number of carbonyl (C=O) groups excluding carboxylic acids is 2. The fourth-order valence-electron chi connectivity index (χ4n) is 3.53. The number of hydrogen-bond donors (Lipinski definition) is 0. The smallest absolute Gasteiger partial charge is 0.347 e. The van der Waals surface area contributed by atoms with E-state index in [-0.39, 0.29) is 11.5 Å². The van der Waals surface area contributed by atoms with Crippen LogP contribution in [0.25, 0.3) is 6.08 Å². The van der Waals surface area contributed by atoms with Crippen LogP contribution in [0.5, 0.6) is 28.7 Å². The molecule has 168 valence electrons. The summed E-state index contributed by atoms with van der Waals surface area (Å²) in [6.45, 7) is 1.73. The van der Waals surface area contributed by atoms with E-state index in [0.29, 0.717) is 51.0 Å². The van der Waals surface area contributed by atoms with Crippen LogP contribution < -0.4 is 23.7 Å². The third-order valence-electron chi connectivity index (χ3n) is 5.29. The van der Waals surface area contributed by atoms with Crippen LogP contribution in [-0.4, -0.2) is 33.1 Å². The van der Waals surface area contributed by atoms with Crippen molar-refractivity contribution in [3.63, 3.8) is 0 Å². The lowest BCUT2D eigenvalue weighted by Gasteiger charge is -2.11. The summed E-state index contributed by atoms with van der Waals surface area (Å²) in [4.78, 5) is 25.6. The zero-order valence-electron chi connectivity index (χ0n) is 18.6. The van der Waals surface area contributed by atoms with Crippen molar-refractivity contribution in [2.45, 2.75) is 6.92 Å². The van der Waals surface area contributed by atoms with Gasteiger partial charge in [-0.05, 0) is 49.4 Å². The molecule has 0 amide bonds. The largest absolute Gasteiger partial charge is 0.497 e. The number of ketones is 1. The van der Waals surface area contributed by atoms with Crippen LogP contribution in [-0.2, 0) is 0 Å². The van der Waals surface area contributed by atoms with Crippen LogP contribution in [0.2, 0.25) is 0 Å². The molecule has 0 N–H and O–H groups in total. The summed E-state index contributed by atoms with van der Waals surface area (Å²) in [7, 11) is 4.58. The zero-order chi connectivity index (χ0) is 23.5. The molecule has 0 unspecified atom stereocenters. The van der Waals surface area contributed by atoms with E-state index in [4.69, 9.17) is 23.7 Å². The van der Waals surface area contributed by atoms with Crippen molar-refractivity contribution >= 4 is 17.8 Å². The fourth-order valence-corrected chi connectivity index (χ4v) is 3.53. The molecule has 3 aromatic carbocycles. The molecule has 0 bridgehead atoms. The first-order valence-corrected chi connectivity index (χ1v) is 10.1. The number of esters is 1. The molecule has 0 saturated carbocycles. The standard InChI is InChI=1S/C26H22O7/c1-15-20(33-26(28)18-7-5-6-8-21(18)30-3)12-11-19-24(27)23(32-25(15)19)13-16-9-10-17(29-2)14-22(16)31-4/h5-14H,1-4H3/b23-13-. The van der Waals surface area contributed by atoms with Crippen LogP contribution >= 0.6 is 0 Å². The first-order chi connectivity index (χ1) is 16.0. The molecule has 0 spiro atoms. The first kappa shape index (κ1) is 22.0. The van der Waals surface area contributed by atoms with Gasteiger partial charge >= 0.3 is 5.97 Å². The number of benzene rings is 3. The number of hydrogen-bond acceptors (Lipinski definition) is 7. The van der Waals surface area contributed by atoms with Gasteiger partial charge in [0.25, 0.3) is 0 Å². The molecule has 7 nitrogen and oxygen atoms in total. The summed E-state index contributed by atoms with van der Waals surface area (Å²) in [6.07, 6.45) is 1.61. The molecule has 0 fully saturated rings. The summed E-state index contributed by atoms with van der Waals surface area (Å²) >= 11 is 0. The topological polar surface area (TPSA) is 80.3 Å². The lowest BCUT2D eigenvalue weighted by atomic mass is 10.1. The van der Waals surface area contributed by atoms with Gasteiger partial charge < -0.3 is 23.7 Å². The highest BCUT2D eigenvalue weighted by atomic mass is 16.5. The predicted octanol–water partition coefficient (Wildman–Crippen LogP) is 4.86. The van der Waals surface area contributed by atoms with E-state index in [0.717, 1.165) is 0 Å². The van der Waals surface area contributed by atoms with Gasteiger partial charge in [-0.1, -0.05) is 12.1 Å². The van der Waals surface area contributed by atoms with Crippen LogP contribution in [0.4, 0.5) is 0 Å². The van der Waals surface area contributed by atoms with Crippen LogP contribution in [0.3, 0.4) is 0 Å². The minimum atomic E-state index is -0.571. The summed E-state index contributed by atoms with van der Waals surface area (Å²) < 4.78 is 27.3. The number of carbonyl (C=O) groups is 2. The summed E-state index contributed by atoms with van der Waals surface area (Å²) in [5.41, 5.74) is 1.89. The maximum atomic E-state index is 12.9. The third kappa shape index (κ3) is 4.13. The van der Waals surface area contributed by atoms with Gasteiger partial charge in [0.05, 0.1) is 26.9 Å². The Labute approximate surface area is 191 Å². The fraction of sp³-hybridized carbons (Fsp3) is 0.154. The van der Waals surface area contributed by atoms with Gasteiger partial charge in [-0.25, -0.2) is 4.79 Å². The molecule has 7 heteroatoms. The summed E-state index contributed by atoms with van der Waals surface area (Å²) in [5, 5.41) is 0. The molecule has 1 aliphatic rings. The normalized spacial score (nSPS) is 13.3. The summed E-state index contributed by atoms with van der Waals surface area (Å²) in [5.74, 6) is 1.53. The molecule has 1 aliphatic heterocycles. The monoisotopic (exact) mass is 446 g/mol. The molecule has 0 aliphatic carbocycles. The molecule has 0 saturated heterocycles. The van der Waals surface area contributed by atoms with Crippen LogP contribution in [0.1, 0.15) is 31.8 Å². The highest BCUT2D eigenvalue weighted by molar-refractivity contribution is 6.15. The van der Waals surface area contributed by atoms with Gasteiger partial charge in [0.15, 0.2) is 5.76 Å². The molecular formula is C26H22O7. The third-order valence-corrected chi connectivity index (χ3v) is 5.29. The number of ether oxygens (including phenoxy) is 5. The van der Waals surface area contributed by atoms with Crippen molar-refractivity contribution in [3.05, 3.63) is 82.6 Å². The Morgan fingerprint density at radius 2 is 1.64 bits per heavy atom. The Hall–Kier alpha value is -4.26. The van der Waals surface area contributed by atoms with Gasteiger partial charge in [-0.15, -0.1) is 0 Å². The Morgan fingerprint density at radius 3 is 2.36 bits per heavy atom. The minimum absolute atomic E-state index is 0.143. The zero-order valence-corrected chi connectivity index (χ0v) is 18.6. The van der Waals surface area contributed by atoms with Crippen molar-refractivity contribution in [3.8, 4) is 28.7 Å².